The second-order valence-electron chi connectivity index (χ2n) is 8.97. The van der Waals surface area contributed by atoms with Crippen molar-refractivity contribution in [2.24, 2.45) is 0 Å². The van der Waals surface area contributed by atoms with Gasteiger partial charge >= 0.3 is 0 Å². The van der Waals surface area contributed by atoms with Crippen molar-refractivity contribution < 1.29 is 14.2 Å². The zero-order valence-electron chi connectivity index (χ0n) is 20.8. The van der Waals surface area contributed by atoms with Gasteiger partial charge in [-0.2, -0.15) is 0 Å². The molecule has 4 rings (SSSR count). The summed E-state index contributed by atoms with van der Waals surface area (Å²) in [5.41, 5.74) is 6.15. The largest absolute Gasteiger partial charge is 0.493 e. The first-order valence-electron chi connectivity index (χ1n) is 12.2. The fourth-order valence-electron chi connectivity index (χ4n) is 5.25. The van der Waals surface area contributed by atoms with E-state index in [-0.39, 0.29) is 11.5 Å². The van der Waals surface area contributed by atoms with Gasteiger partial charge in [-0.1, -0.05) is 17.7 Å². The third kappa shape index (κ3) is 4.78. The molecule has 182 valence electrons. The fourth-order valence-corrected chi connectivity index (χ4v) is 5.25. The number of ether oxygens (including phenoxy) is 3. The quantitative estimate of drug-likeness (QED) is 0.520. The Morgan fingerprint density at radius 1 is 1.00 bits per heavy atom. The van der Waals surface area contributed by atoms with Crippen molar-refractivity contribution in [3.05, 3.63) is 57.3 Å². The number of hydrogen-bond donors (Lipinski definition) is 2. The zero-order valence-corrected chi connectivity index (χ0v) is 20.8. The second kappa shape index (κ2) is 11.0. The molecule has 0 unspecified atom stereocenters. The molecular weight excluding hydrogens is 428 g/mol. The molecule has 0 radical (unpaired) electrons. The Morgan fingerprint density at radius 2 is 1.82 bits per heavy atom. The van der Waals surface area contributed by atoms with Crippen LogP contribution in [0.25, 0.3) is 11.1 Å². The number of aryl methyl sites for hydroxylation is 1. The summed E-state index contributed by atoms with van der Waals surface area (Å²) in [5, 5.41) is 6.80. The van der Waals surface area contributed by atoms with Crippen molar-refractivity contribution in [3.63, 3.8) is 0 Å². The molecule has 0 aliphatic heterocycles. The molecule has 0 amide bonds. The summed E-state index contributed by atoms with van der Waals surface area (Å²) in [7, 11) is 6.84. The van der Waals surface area contributed by atoms with Gasteiger partial charge in [0.2, 0.25) is 11.2 Å². The van der Waals surface area contributed by atoms with Crippen molar-refractivity contribution in [3.8, 4) is 28.4 Å². The molecule has 6 nitrogen and oxygen atoms in total. The highest BCUT2D eigenvalue weighted by Gasteiger charge is 2.28. The van der Waals surface area contributed by atoms with E-state index in [1.165, 1.54) is 31.3 Å². The molecule has 0 heterocycles. The van der Waals surface area contributed by atoms with Crippen LogP contribution in [0.5, 0.6) is 17.2 Å². The van der Waals surface area contributed by atoms with Gasteiger partial charge in [0, 0.05) is 18.2 Å². The molecule has 0 saturated carbocycles. The molecule has 2 aromatic carbocycles. The molecule has 0 fully saturated rings. The number of fused-ring (bicyclic) bond motifs is 3. The molecule has 6 heteroatoms. The van der Waals surface area contributed by atoms with Crippen LogP contribution in [0, 0.1) is 0 Å². The number of anilines is 1. The Kier molecular flexibility index (Phi) is 7.78. The normalized spacial score (nSPS) is 17.1. The second-order valence-corrected chi connectivity index (χ2v) is 8.97. The van der Waals surface area contributed by atoms with Crippen LogP contribution < -0.4 is 30.3 Å². The van der Waals surface area contributed by atoms with E-state index in [1.54, 1.807) is 27.4 Å². The Morgan fingerprint density at radius 3 is 2.50 bits per heavy atom. The Labute approximate surface area is 202 Å². The minimum Gasteiger partial charge on any atom is -0.493 e. The number of allylic oxidation sites excluding steroid dienone is 1. The predicted octanol–water partition coefficient (Wildman–Crippen LogP) is 5.25. The summed E-state index contributed by atoms with van der Waals surface area (Å²) in [6, 6.07) is 7.81. The summed E-state index contributed by atoms with van der Waals surface area (Å²) >= 11 is 0. The number of hydrogen-bond acceptors (Lipinski definition) is 6. The van der Waals surface area contributed by atoms with E-state index in [0.717, 1.165) is 48.1 Å². The first kappa shape index (κ1) is 24.1. The smallest absolute Gasteiger partial charge is 0.203 e. The van der Waals surface area contributed by atoms with Gasteiger partial charge in [0.25, 0.3) is 0 Å². The zero-order chi connectivity index (χ0) is 24.1. The topological polar surface area (TPSA) is 68.8 Å². The van der Waals surface area contributed by atoms with E-state index >= 15 is 0 Å². The molecule has 1 atom stereocenters. The van der Waals surface area contributed by atoms with Crippen molar-refractivity contribution in [1.82, 2.24) is 5.32 Å². The highest BCUT2D eigenvalue weighted by molar-refractivity contribution is 5.83. The molecule has 0 bridgehead atoms. The predicted molar refractivity (Wildman–Crippen MR) is 138 cm³/mol. The van der Waals surface area contributed by atoms with Crippen LogP contribution in [0.4, 0.5) is 5.69 Å². The molecule has 34 heavy (non-hydrogen) atoms. The SMILES string of the molecule is CN[C@H]1CCc2cc(OC)c(OC)c(OC)c2-c2ccc(NCCC3=CCCCC3)c(=O)cc21. The van der Waals surface area contributed by atoms with Crippen molar-refractivity contribution in [2.45, 2.75) is 51.0 Å². The Bertz CT molecular complexity index is 1130. The molecule has 2 N–H and O–H groups in total. The van der Waals surface area contributed by atoms with Crippen molar-refractivity contribution >= 4 is 5.69 Å². The molecule has 0 aromatic heterocycles. The minimum atomic E-state index is 0.00187. The van der Waals surface area contributed by atoms with E-state index in [2.05, 4.69) is 16.7 Å². The average molecular weight is 465 g/mol. The standard InChI is InChI=1S/C28H36N2O4/c1-29-22-12-10-19-16-25(32-2)27(33-3)28(34-4)26(19)20-11-13-23(24(31)17-21(20)22)30-15-14-18-8-6-5-7-9-18/h8,11,13,16-17,22,29H,5-7,9-10,12,14-15H2,1-4H3,(H,30,31)/t22-/m0/s1. The van der Waals surface area contributed by atoms with Gasteiger partial charge in [-0.3, -0.25) is 4.79 Å². The summed E-state index contributed by atoms with van der Waals surface area (Å²) in [5.74, 6) is 1.84. The molecule has 0 saturated heterocycles. The maximum absolute atomic E-state index is 13.3. The van der Waals surface area contributed by atoms with Gasteiger partial charge in [-0.15, -0.1) is 0 Å². The minimum absolute atomic E-state index is 0.00187. The van der Waals surface area contributed by atoms with E-state index in [4.69, 9.17) is 14.2 Å². The summed E-state index contributed by atoms with van der Waals surface area (Å²) < 4.78 is 17.1. The highest BCUT2D eigenvalue weighted by Crippen LogP contribution is 2.50. The van der Waals surface area contributed by atoms with Gasteiger partial charge in [-0.25, -0.2) is 0 Å². The van der Waals surface area contributed by atoms with Crippen molar-refractivity contribution in [1.29, 1.82) is 0 Å². The van der Waals surface area contributed by atoms with Crippen LogP contribution in [0.15, 0.2) is 40.7 Å². The van der Waals surface area contributed by atoms with Crippen LogP contribution in [0.1, 0.15) is 55.7 Å². The first-order chi connectivity index (χ1) is 16.6. The van der Waals surface area contributed by atoms with Crippen LogP contribution in [0.2, 0.25) is 0 Å². The van der Waals surface area contributed by atoms with Gasteiger partial charge in [0.05, 0.1) is 27.0 Å². The van der Waals surface area contributed by atoms with E-state index < -0.39 is 0 Å². The lowest BCUT2D eigenvalue weighted by Crippen LogP contribution is -2.18. The average Bonchev–Trinajstić information content (AvgIpc) is 3.11. The fraction of sp³-hybridized carbons (Fsp3) is 0.464. The third-order valence-corrected chi connectivity index (χ3v) is 7.03. The van der Waals surface area contributed by atoms with Gasteiger partial charge in [-0.05, 0) is 86.9 Å². The molecule has 2 aliphatic rings. The number of methoxy groups -OCH3 is 3. The van der Waals surface area contributed by atoms with Gasteiger partial charge < -0.3 is 24.8 Å². The molecule has 2 aromatic rings. The third-order valence-electron chi connectivity index (χ3n) is 7.03. The lowest BCUT2D eigenvalue weighted by molar-refractivity contribution is 0.324. The van der Waals surface area contributed by atoms with Crippen LogP contribution in [0.3, 0.4) is 0 Å². The highest BCUT2D eigenvalue weighted by atomic mass is 16.5. The van der Waals surface area contributed by atoms with Crippen LogP contribution >= 0.6 is 0 Å². The first-order valence-corrected chi connectivity index (χ1v) is 12.2. The monoisotopic (exact) mass is 464 g/mol. The lowest BCUT2D eigenvalue weighted by Gasteiger charge is -2.19. The maximum Gasteiger partial charge on any atom is 0.203 e. The van der Waals surface area contributed by atoms with E-state index in [9.17, 15) is 4.79 Å². The number of nitrogens with one attached hydrogen (secondary N) is 2. The Hall–Kier alpha value is -2.99. The van der Waals surface area contributed by atoms with E-state index in [0.29, 0.717) is 22.9 Å². The number of rotatable bonds is 8. The summed E-state index contributed by atoms with van der Waals surface area (Å²) in [6.07, 6.45) is 9.93. The Balaban J connectivity index is 1.79. The molecule has 2 aliphatic carbocycles. The van der Waals surface area contributed by atoms with E-state index in [1.807, 2.05) is 25.2 Å². The van der Waals surface area contributed by atoms with Gasteiger partial charge in [0.15, 0.2) is 11.5 Å². The van der Waals surface area contributed by atoms with Crippen LogP contribution in [-0.4, -0.2) is 34.9 Å². The van der Waals surface area contributed by atoms with Crippen LogP contribution in [-0.2, 0) is 6.42 Å². The molecular formula is C28H36N2O4. The van der Waals surface area contributed by atoms with Gasteiger partial charge in [0.1, 0.15) is 0 Å². The summed E-state index contributed by atoms with van der Waals surface area (Å²) in [6.45, 7) is 0.760. The lowest BCUT2D eigenvalue weighted by atomic mass is 9.95. The molecule has 0 spiro atoms. The maximum atomic E-state index is 13.3. The number of benzene rings is 1. The summed E-state index contributed by atoms with van der Waals surface area (Å²) in [4.78, 5) is 13.3. The van der Waals surface area contributed by atoms with Crippen molar-refractivity contribution in [2.75, 3.05) is 40.2 Å².